The molecule has 0 aliphatic carbocycles. The molecule has 6 heteroatoms. The van der Waals surface area contributed by atoms with Gasteiger partial charge in [0.2, 0.25) is 0 Å². The molecular formula is C15H19BrN2O2S. The standard InChI is InChI=1S/C15H19BrN2O2S/c1-8-7-12(21-9(8)2)14(18-17)10-5-6-11(19-3)13(16)15(10)20-4/h5-7,14,18H,17H2,1-4H3. The average molecular weight is 371 g/mol. The van der Waals surface area contributed by atoms with E-state index in [0.29, 0.717) is 0 Å². The normalized spacial score (nSPS) is 12.3. The maximum Gasteiger partial charge on any atom is 0.142 e. The van der Waals surface area contributed by atoms with Crippen molar-refractivity contribution in [2.24, 2.45) is 5.84 Å². The van der Waals surface area contributed by atoms with Crippen molar-refractivity contribution in [3.05, 3.63) is 43.6 Å². The van der Waals surface area contributed by atoms with E-state index in [0.717, 1.165) is 26.4 Å². The van der Waals surface area contributed by atoms with Gasteiger partial charge in [-0.25, -0.2) is 5.43 Å². The summed E-state index contributed by atoms with van der Waals surface area (Å²) in [4.78, 5) is 2.44. The molecule has 0 aliphatic heterocycles. The van der Waals surface area contributed by atoms with Crippen LogP contribution in [0, 0.1) is 13.8 Å². The monoisotopic (exact) mass is 370 g/mol. The van der Waals surface area contributed by atoms with E-state index in [2.05, 4.69) is 41.3 Å². The predicted octanol–water partition coefficient (Wildman–Crippen LogP) is 3.70. The number of ether oxygens (including phenoxy) is 2. The van der Waals surface area contributed by atoms with Crippen molar-refractivity contribution in [2.45, 2.75) is 19.9 Å². The van der Waals surface area contributed by atoms with E-state index in [1.54, 1.807) is 25.6 Å². The zero-order chi connectivity index (χ0) is 15.6. The summed E-state index contributed by atoms with van der Waals surface area (Å²) in [5.41, 5.74) is 5.12. The van der Waals surface area contributed by atoms with Crippen LogP contribution >= 0.6 is 27.3 Å². The fourth-order valence-electron chi connectivity index (χ4n) is 2.21. The molecule has 2 aromatic rings. The number of nitrogens with two attached hydrogens (primary N) is 1. The molecule has 1 atom stereocenters. The van der Waals surface area contributed by atoms with E-state index in [4.69, 9.17) is 15.3 Å². The third kappa shape index (κ3) is 3.08. The Morgan fingerprint density at radius 1 is 1.24 bits per heavy atom. The summed E-state index contributed by atoms with van der Waals surface area (Å²) in [6.45, 7) is 4.21. The Balaban J connectivity index is 2.54. The quantitative estimate of drug-likeness (QED) is 0.622. The third-order valence-corrected chi connectivity index (χ3v) is 5.43. The highest BCUT2D eigenvalue weighted by Gasteiger charge is 2.22. The molecule has 1 unspecified atom stereocenters. The Morgan fingerprint density at radius 2 is 1.95 bits per heavy atom. The fourth-order valence-corrected chi connectivity index (χ4v) is 4.02. The van der Waals surface area contributed by atoms with Gasteiger partial charge < -0.3 is 9.47 Å². The van der Waals surface area contributed by atoms with Gasteiger partial charge in [-0.05, 0) is 53.5 Å². The number of hydrogen-bond acceptors (Lipinski definition) is 5. The van der Waals surface area contributed by atoms with Crippen molar-refractivity contribution in [1.29, 1.82) is 0 Å². The van der Waals surface area contributed by atoms with E-state index >= 15 is 0 Å². The Morgan fingerprint density at radius 3 is 2.43 bits per heavy atom. The molecule has 0 radical (unpaired) electrons. The Labute approximate surface area is 137 Å². The van der Waals surface area contributed by atoms with Gasteiger partial charge in [-0.15, -0.1) is 11.3 Å². The molecule has 3 N–H and O–H groups in total. The molecule has 0 saturated carbocycles. The van der Waals surface area contributed by atoms with E-state index in [1.807, 2.05) is 12.1 Å². The number of hydrogen-bond donors (Lipinski definition) is 2. The van der Waals surface area contributed by atoms with Crippen LogP contribution in [0.25, 0.3) is 0 Å². The van der Waals surface area contributed by atoms with Crippen LogP contribution < -0.4 is 20.7 Å². The molecule has 0 aliphatic rings. The van der Waals surface area contributed by atoms with Gasteiger partial charge in [-0.3, -0.25) is 5.84 Å². The topological polar surface area (TPSA) is 56.5 Å². The van der Waals surface area contributed by atoms with Crippen LogP contribution in [0.3, 0.4) is 0 Å². The van der Waals surface area contributed by atoms with Crippen molar-refractivity contribution in [1.82, 2.24) is 5.43 Å². The second-order valence-corrected chi connectivity index (χ2v) is 6.77. The molecule has 1 aromatic carbocycles. The number of halogens is 1. The fraction of sp³-hybridized carbons (Fsp3) is 0.333. The first kappa shape index (κ1) is 16.3. The minimum atomic E-state index is -0.125. The molecule has 4 nitrogen and oxygen atoms in total. The maximum atomic E-state index is 5.79. The van der Waals surface area contributed by atoms with Crippen molar-refractivity contribution < 1.29 is 9.47 Å². The lowest BCUT2D eigenvalue weighted by molar-refractivity contribution is 0.383. The number of methoxy groups -OCH3 is 2. The smallest absolute Gasteiger partial charge is 0.142 e. The van der Waals surface area contributed by atoms with Crippen molar-refractivity contribution >= 4 is 27.3 Å². The summed E-state index contributed by atoms with van der Waals surface area (Å²) >= 11 is 5.26. The van der Waals surface area contributed by atoms with Gasteiger partial charge in [0.1, 0.15) is 16.0 Å². The average Bonchev–Trinajstić information content (AvgIpc) is 2.79. The number of thiophene rings is 1. The van der Waals surface area contributed by atoms with Crippen LogP contribution in [-0.4, -0.2) is 14.2 Å². The van der Waals surface area contributed by atoms with Crippen LogP contribution in [0.5, 0.6) is 11.5 Å². The molecule has 0 amide bonds. The number of rotatable bonds is 5. The SMILES string of the molecule is COc1ccc(C(NN)c2cc(C)c(C)s2)c(OC)c1Br. The van der Waals surface area contributed by atoms with Gasteiger partial charge in [-0.2, -0.15) is 0 Å². The summed E-state index contributed by atoms with van der Waals surface area (Å²) in [5, 5.41) is 0. The van der Waals surface area contributed by atoms with E-state index < -0.39 is 0 Å². The number of hydrazine groups is 1. The largest absolute Gasteiger partial charge is 0.495 e. The van der Waals surface area contributed by atoms with E-state index in [-0.39, 0.29) is 6.04 Å². The van der Waals surface area contributed by atoms with Gasteiger partial charge in [0, 0.05) is 15.3 Å². The summed E-state index contributed by atoms with van der Waals surface area (Å²) in [7, 11) is 3.27. The maximum absolute atomic E-state index is 5.79. The molecule has 0 fully saturated rings. The minimum Gasteiger partial charge on any atom is -0.495 e. The van der Waals surface area contributed by atoms with E-state index in [9.17, 15) is 0 Å². The molecular weight excluding hydrogens is 352 g/mol. The molecule has 0 saturated heterocycles. The van der Waals surface area contributed by atoms with E-state index in [1.165, 1.54) is 10.4 Å². The number of aryl methyl sites for hydroxylation is 2. The lowest BCUT2D eigenvalue weighted by Crippen LogP contribution is -2.28. The molecule has 114 valence electrons. The molecule has 0 bridgehead atoms. The van der Waals surface area contributed by atoms with Gasteiger partial charge in [0.25, 0.3) is 0 Å². The van der Waals surface area contributed by atoms with Gasteiger partial charge in [0.15, 0.2) is 0 Å². The zero-order valence-electron chi connectivity index (χ0n) is 12.5. The molecule has 1 heterocycles. The lowest BCUT2D eigenvalue weighted by Gasteiger charge is -2.20. The van der Waals surface area contributed by atoms with Crippen molar-refractivity contribution in [3.8, 4) is 11.5 Å². The van der Waals surface area contributed by atoms with Gasteiger partial charge >= 0.3 is 0 Å². The first-order valence-electron chi connectivity index (χ1n) is 6.46. The third-order valence-electron chi connectivity index (χ3n) is 3.46. The molecule has 1 aromatic heterocycles. The van der Waals surface area contributed by atoms with Crippen LogP contribution in [0.15, 0.2) is 22.7 Å². The molecule has 21 heavy (non-hydrogen) atoms. The lowest BCUT2D eigenvalue weighted by atomic mass is 10.0. The van der Waals surface area contributed by atoms with Crippen molar-refractivity contribution in [2.75, 3.05) is 14.2 Å². The summed E-state index contributed by atoms with van der Waals surface area (Å²) < 4.78 is 11.6. The minimum absolute atomic E-state index is 0.125. The van der Waals surface area contributed by atoms with Gasteiger partial charge in [0.05, 0.1) is 20.3 Å². The highest BCUT2D eigenvalue weighted by Crippen LogP contribution is 2.42. The van der Waals surface area contributed by atoms with Crippen LogP contribution in [0.1, 0.15) is 26.9 Å². The highest BCUT2D eigenvalue weighted by molar-refractivity contribution is 9.10. The second-order valence-electron chi connectivity index (χ2n) is 4.69. The summed E-state index contributed by atoms with van der Waals surface area (Å²) in [6.07, 6.45) is 0. The Bertz CT molecular complexity index is 623. The van der Waals surface area contributed by atoms with Crippen LogP contribution in [0.4, 0.5) is 0 Å². The number of nitrogens with one attached hydrogen (secondary N) is 1. The molecule has 0 spiro atoms. The van der Waals surface area contributed by atoms with Crippen LogP contribution in [-0.2, 0) is 0 Å². The predicted molar refractivity (Wildman–Crippen MR) is 90.2 cm³/mol. The Hall–Kier alpha value is -1.08. The van der Waals surface area contributed by atoms with Crippen molar-refractivity contribution in [3.63, 3.8) is 0 Å². The summed E-state index contributed by atoms with van der Waals surface area (Å²) in [6, 6.07) is 5.90. The second kappa shape index (κ2) is 6.79. The number of benzene rings is 1. The first-order chi connectivity index (χ1) is 10.0. The Kier molecular flexibility index (Phi) is 5.27. The first-order valence-corrected chi connectivity index (χ1v) is 8.07. The van der Waals surface area contributed by atoms with Gasteiger partial charge in [-0.1, -0.05) is 0 Å². The summed E-state index contributed by atoms with van der Waals surface area (Å²) in [5.74, 6) is 7.24. The molecule has 2 rings (SSSR count). The van der Waals surface area contributed by atoms with Crippen LogP contribution in [0.2, 0.25) is 0 Å². The highest BCUT2D eigenvalue weighted by atomic mass is 79.9. The zero-order valence-corrected chi connectivity index (χ0v) is 14.9.